The van der Waals surface area contributed by atoms with Gasteiger partial charge in [-0.3, -0.25) is 14.9 Å². The molecule has 1 fully saturated rings. The summed E-state index contributed by atoms with van der Waals surface area (Å²) in [5.74, 6) is -0.599. The zero-order valence-corrected chi connectivity index (χ0v) is 18.5. The van der Waals surface area contributed by atoms with Crippen LogP contribution in [-0.4, -0.2) is 16.9 Å². The van der Waals surface area contributed by atoms with Crippen molar-refractivity contribution in [1.82, 2.24) is 15.5 Å². The van der Waals surface area contributed by atoms with Crippen LogP contribution < -0.4 is 10.4 Å². The second-order valence-corrected chi connectivity index (χ2v) is 6.95. The van der Waals surface area contributed by atoms with Crippen molar-refractivity contribution in [1.29, 1.82) is 0 Å². The fraction of sp³-hybridized carbons (Fsp3) is 0.450. The van der Waals surface area contributed by atoms with Crippen LogP contribution in [0.5, 0.6) is 0 Å². The van der Waals surface area contributed by atoms with E-state index in [-0.39, 0.29) is 37.7 Å². The first-order chi connectivity index (χ1) is 11.8. The van der Waals surface area contributed by atoms with Crippen molar-refractivity contribution >= 4 is 24.0 Å². The van der Waals surface area contributed by atoms with E-state index in [4.69, 9.17) is 0 Å². The van der Waals surface area contributed by atoms with Crippen LogP contribution in [0.15, 0.2) is 24.8 Å². The molecule has 6 heteroatoms. The van der Waals surface area contributed by atoms with Crippen LogP contribution in [0, 0.1) is 11.3 Å². The first-order valence-electron chi connectivity index (χ1n) is 8.64. The first-order valence-corrected chi connectivity index (χ1v) is 8.64. The Hall–Kier alpha value is -1.77. The molecule has 1 aromatic heterocycles. The molecule has 1 aromatic rings. The number of allylic oxidation sites excluding steroid dienone is 3. The number of hydrogen-bond acceptors (Lipinski definition) is 3. The van der Waals surface area contributed by atoms with E-state index in [2.05, 4.69) is 48.9 Å². The van der Waals surface area contributed by atoms with Gasteiger partial charge in [-0.05, 0) is 24.8 Å². The van der Waals surface area contributed by atoms with Gasteiger partial charge < -0.3 is 10.2 Å². The molecule has 1 aliphatic heterocycles. The number of imide groups is 1. The minimum absolute atomic E-state index is 0. The molecule has 0 saturated carbocycles. The molecule has 0 aliphatic carbocycles. The summed E-state index contributed by atoms with van der Waals surface area (Å²) >= 11 is 0. The van der Waals surface area contributed by atoms with Crippen LogP contribution in [0.4, 0.5) is 0 Å². The molecule has 1 saturated heterocycles. The van der Waals surface area contributed by atoms with Crippen LogP contribution >= 0.6 is 0 Å². The van der Waals surface area contributed by atoms with Gasteiger partial charge in [0.15, 0.2) is 0 Å². The van der Waals surface area contributed by atoms with E-state index >= 15 is 0 Å². The van der Waals surface area contributed by atoms with E-state index in [0.29, 0.717) is 24.5 Å². The summed E-state index contributed by atoms with van der Waals surface area (Å²) in [6.45, 7) is 12.3. The summed E-state index contributed by atoms with van der Waals surface area (Å²) in [7, 11) is 0. The smallest absolute Gasteiger partial charge is 0.235 e. The van der Waals surface area contributed by atoms with Gasteiger partial charge in [-0.15, -0.1) is 12.3 Å². The molecule has 0 aromatic carbocycles. The third-order valence-corrected chi connectivity index (χ3v) is 5.00. The van der Waals surface area contributed by atoms with Crippen LogP contribution in [0.3, 0.4) is 0 Å². The van der Waals surface area contributed by atoms with Crippen molar-refractivity contribution in [3.63, 3.8) is 0 Å². The monoisotopic (exact) mass is 527 g/mol. The van der Waals surface area contributed by atoms with Crippen molar-refractivity contribution in [3.8, 4) is 0 Å². The topological polar surface area (TPSA) is 73.2 Å². The maximum Gasteiger partial charge on any atom is 0.235 e. The Morgan fingerprint density at radius 2 is 2.04 bits per heavy atom. The fourth-order valence-electron chi connectivity index (χ4n) is 2.77. The van der Waals surface area contributed by atoms with Gasteiger partial charge in [-0.25, -0.2) is 0 Å². The zero-order chi connectivity index (χ0) is 18.6. The Morgan fingerprint density at radius 1 is 1.35 bits per heavy atom. The normalized spacial score (nSPS) is 20.3. The molecular formula is C20H26N3O2Re-. The summed E-state index contributed by atoms with van der Waals surface area (Å²) in [4.78, 5) is 23.6. The summed E-state index contributed by atoms with van der Waals surface area (Å²) in [5.41, 5.74) is 2.02. The molecule has 1 aliphatic rings. The van der Waals surface area contributed by atoms with Crippen LogP contribution in [0.25, 0.3) is 12.2 Å². The van der Waals surface area contributed by atoms with Crippen molar-refractivity contribution in [2.24, 2.45) is 11.3 Å². The van der Waals surface area contributed by atoms with Crippen molar-refractivity contribution in [3.05, 3.63) is 41.8 Å². The van der Waals surface area contributed by atoms with Crippen LogP contribution in [-0.2, 0) is 30.0 Å². The van der Waals surface area contributed by atoms with Gasteiger partial charge in [0.2, 0.25) is 11.8 Å². The number of hydrogen-bond donors (Lipinski definition) is 1. The molecule has 0 spiro atoms. The third kappa shape index (κ3) is 4.69. The second kappa shape index (κ2) is 9.25. The van der Waals surface area contributed by atoms with Gasteiger partial charge in [0.05, 0.1) is 5.92 Å². The Morgan fingerprint density at radius 3 is 2.58 bits per heavy atom. The first kappa shape index (κ1) is 22.3. The molecule has 1 radical (unpaired) electrons. The quantitative estimate of drug-likeness (QED) is 0.455. The predicted molar refractivity (Wildman–Crippen MR) is 99.6 cm³/mol. The number of nitrogens with one attached hydrogen (secondary N) is 1. The van der Waals surface area contributed by atoms with Crippen molar-refractivity contribution in [2.75, 3.05) is 0 Å². The van der Waals surface area contributed by atoms with E-state index in [9.17, 15) is 9.59 Å². The fourth-order valence-corrected chi connectivity index (χ4v) is 2.77. The molecule has 141 valence electrons. The Labute approximate surface area is 169 Å². The van der Waals surface area contributed by atoms with Crippen LogP contribution in [0.2, 0.25) is 0 Å². The molecule has 1 N–H and O–H groups in total. The molecule has 5 nitrogen and oxygen atoms in total. The molecular weight excluding hydrogens is 500 g/mol. The summed E-state index contributed by atoms with van der Waals surface area (Å²) in [5, 5.41) is 10.9. The summed E-state index contributed by atoms with van der Waals surface area (Å²) in [6.07, 6.45) is 10.6. The van der Waals surface area contributed by atoms with Crippen molar-refractivity contribution < 1.29 is 30.0 Å². The molecule has 0 bridgehead atoms. The second-order valence-electron chi connectivity index (χ2n) is 6.95. The third-order valence-electron chi connectivity index (χ3n) is 5.00. The van der Waals surface area contributed by atoms with Gasteiger partial charge in [0.25, 0.3) is 0 Å². The van der Waals surface area contributed by atoms with Gasteiger partial charge in [-0.1, -0.05) is 51.2 Å². The maximum atomic E-state index is 12.2. The number of nitrogens with zero attached hydrogens (tertiary/aromatic N) is 2. The molecule has 2 heterocycles. The molecule has 26 heavy (non-hydrogen) atoms. The van der Waals surface area contributed by atoms with E-state index in [1.807, 2.05) is 31.2 Å². The number of carbonyl (C=O) groups is 2. The Balaban J connectivity index is 0.00000338. The zero-order valence-electron chi connectivity index (χ0n) is 15.8. The average Bonchev–Trinajstić information content (AvgIpc) is 2.95. The van der Waals surface area contributed by atoms with E-state index in [0.717, 1.165) is 11.3 Å². The SMILES string of the molecule is C=CC(C)(/C=C\c1c(C2CCC(=O)NC2=O)n[n-]c1/C=C\C)C(C)C.[Re]. The molecule has 2 atom stereocenters. The minimum Gasteiger partial charge on any atom is -0.575 e. The summed E-state index contributed by atoms with van der Waals surface area (Å²) < 4.78 is 0. The van der Waals surface area contributed by atoms with E-state index in [1.54, 1.807) is 0 Å². The molecule has 2 amide bonds. The number of amides is 2. The van der Waals surface area contributed by atoms with Gasteiger partial charge in [0, 0.05) is 38.0 Å². The number of piperidine rings is 1. The molecule has 2 unspecified atom stereocenters. The standard InChI is InChI=1S/C20H27N3O2.Re/c1-6-8-16-14(11-12-20(5,7-2)13(3)4)18(23-22-16)15-9-10-17(24)21-19(15)25;/h6-8,11-13,15H,2,9-10H2,1,3-5H3,(H2,21,22,23,24,25);/p-1/b8-6-,12-11-;. The Bertz CT molecular complexity index is 733. The van der Waals surface area contributed by atoms with E-state index in [1.165, 1.54) is 0 Å². The largest absolute Gasteiger partial charge is 0.575 e. The number of carbonyl (C=O) groups excluding carboxylic acids is 2. The van der Waals surface area contributed by atoms with Gasteiger partial charge >= 0.3 is 0 Å². The summed E-state index contributed by atoms with van der Waals surface area (Å²) in [6, 6.07) is 0. The van der Waals surface area contributed by atoms with Crippen LogP contribution in [0.1, 0.15) is 63.4 Å². The van der Waals surface area contributed by atoms with Gasteiger partial charge in [-0.2, -0.15) is 0 Å². The Kier molecular flexibility index (Phi) is 7.92. The van der Waals surface area contributed by atoms with E-state index < -0.39 is 5.92 Å². The average molecular weight is 527 g/mol. The predicted octanol–water partition coefficient (Wildman–Crippen LogP) is 3.45. The molecule has 2 rings (SSSR count). The minimum atomic E-state index is -0.446. The van der Waals surface area contributed by atoms with Gasteiger partial charge in [0.1, 0.15) is 0 Å². The maximum absolute atomic E-state index is 12.2. The number of aromatic nitrogens is 2. The van der Waals surface area contributed by atoms with Crippen molar-refractivity contribution in [2.45, 2.75) is 46.5 Å². The number of rotatable bonds is 6.